The molecule has 0 radical (unpaired) electrons. The molecule has 0 spiro atoms. The van der Waals surface area contributed by atoms with Crippen LogP contribution >= 0.6 is 11.8 Å². The number of Topliss-reactive ketones (excluding diaryl/α,β-unsaturated/α-hetero) is 1. The van der Waals surface area contributed by atoms with Crippen LogP contribution in [0.2, 0.25) is 0 Å². The van der Waals surface area contributed by atoms with Gasteiger partial charge in [0.2, 0.25) is 0 Å². The van der Waals surface area contributed by atoms with Crippen LogP contribution in [0.25, 0.3) is 0 Å². The zero-order valence-corrected chi connectivity index (χ0v) is 13.9. The average Bonchev–Trinajstić information content (AvgIpc) is 2.50. The minimum Gasteiger partial charge on any atom is -0.452 e. The van der Waals surface area contributed by atoms with Gasteiger partial charge in [0.25, 0.3) is 5.91 Å². The number of carbonyl (C=O) groups excluding carboxylic acids is 3. The van der Waals surface area contributed by atoms with Crippen LogP contribution in [0.3, 0.4) is 0 Å². The Morgan fingerprint density at radius 2 is 1.95 bits per heavy atom. The fourth-order valence-corrected chi connectivity index (χ4v) is 2.41. The monoisotopic (exact) mass is 323 g/mol. The van der Waals surface area contributed by atoms with Crippen LogP contribution in [0, 0.1) is 0 Å². The van der Waals surface area contributed by atoms with Crippen LogP contribution in [-0.2, 0) is 14.3 Å². The molecule has 1 atom stereocenters. The third kappa shape index (κ3) is 6.30. The second-order valence-electron chi connectivity index (χ2n) is 4.94. The molecule has 0 fully saturated rings. The van der Waals surface area contributed by atoms with Gasteiger partial charge in [-0.05, 0) is 32.4 Å². The van der Waals surface area contributed by atoms with Gasteiger partial charge in [-0.3, -0.25) is 9.59 Å². The zero-order chi connectivity index (χ0) is 16.5. The summed E-state index contributed by atoms with van der Waals surface area (Å²) in [6, 6.07) is 6.92. The smallest absolute Gasteiger partial charge is 0.339 e. The summed E-state index contributed by atoms with van der Waals surface area (Å²) < 4.78 is 5.03. The van der Waals surface area contributed by atoms with E-state index in [9.17, 15) is 14.4 Å². The first-order valence-electron chi connectivity index (χ1n) is 7.11. The van der Waals surface area contributed by atoms with Crippen molar-refractivity contribution in [1.29, 1.82) is 0 Å². The summed E-state index contributed by atoms with van der Waals surface area (Å²) in [5.74, 6) is -0.567. The van der Waals surface area contributed by atoms with E-state index in [4.69, 9.17) is 4.74 Å². The van der Waals surface area contributed by atoms with Crippen LogP contribution in [0.5, 0.6) is 0 Å². The van der Waals surface area contributed by atoms with E-state index in [-0.39, 0.29) is 24.3 Å². The molecule has 6 heteroatoms. The van der Waals surface area contributed by atoms with Gasteiger partial charge in [0.1, 0.15) is 5.78 Å². The number of ether oxygens (including phenoxy) is 1. The number of hydrogen-bond acceptors (Lipinski definition) is 5. The molecule has 0 saturated carbocycles. The fourth-order valence-electron chi connectivity index (χ4n) is 1.57. The molecular weight excluding hydrogens is 302 g/mol. The second-order valence-corrected chi connectivity index (χ2v) is 5.96. The standard InChI is InChI=1S/C16H21NO4S/c1-4-11(2)17-15(19)9-21-16(20)13-7-5-6-8-14(13)22-10-12(3)18/h5-8,11H,4,9-10H2,1-3H3,(H,17,19)/t11-/m1/s1. The molecular formula is C16H21NO4S. The molecule has 120 valence electrons. The number of hydrogen-bond donors (Lipinski definition) is 1. The molecule has 0 saturated heterocycles. The first-order valence-corrected chi connectivity index (χ1v) is 8.10. The van der Waals surface area contributed by atoms with Gasteiger partial charge < -0.3 is 10.1 Å². The van der Waals surface area contributed by atoms with E-state index >= 15 is 0 Å². The molecule has 0 aromatic heterocycles. The first-order chi connectivity index (χ1) is 10.4. The highest BCUT2D eigenvalue weighted by Crippen LogP contribution is 2.23. The fraction of sp³-hybridized carbons (Fsp3) is 0.438. The van der Waals surface area contributed by atoms with Gasteiger partial charge in [-0.15, -0.1) is 11.8 Å². The Labute approximate surface area is 134 Å². The van der Waals surface area contributed by atoms with Crippen molar-refractivity contribution in [2.75, 3.05) is 12.4 Å². The van der Waals surface area contributed by atoms with Crippen molar-refractivity contribution < 1.29 is 19.1 Å². The molecule has 0 aliphatic carbocycles. The Bertz CT molecular complexity index is 545. The number of ketones is 1. The molecule has 1 aromatic carbocycles. The number of nitrogens with one attached hydrogen (secondary N) is 1. The quantitative estimate of drug-likeness (QED) is 0.587. The van der Waals surface area contributed by atoms with Gasteiger partial charge in [0, 0.05) is 10.9 Å². The number of esters is 1. The summed E-state index contributed by atoms with van der Waals surface area (Å²) in [7, 11) is 0. The first kappa shape index (κ1) is 18.2. The lowest BCUT2D eigenvalue weighted by Gasteiger charge is -2.12. The van der Waals surface area contributed by atoms with Gasteiger partial charge in [0.15, 0.2) is 6.61 Å². The number of carbonyl (C=O) groups is 3. The summed E-state index contributed by atoms with van der Waals surface area (Å²) in [6.07, 6.45) is 0.810. The summed E-state index contributed by atoms with van der Waals surface area (Å²) >= 11 is 1.28. The van der Waals surface area contributed by atoms with Crippen molar-refractivity contribution in [1.82, 2.24) is 5.32 Å². The number of benzene rings is 1. The van der Waals surface area contributed by atoms with Crippen molar-refractivity contribution in [2.45, 2.75) is 38.1 Å². The average molecular weight is 323 g/mol. The van der Waals surface area contributed by atoms with Crippen LogP contribution in [0.1, 0.15) is 37.6 Å². The van der Waals surface area contributed by atoms with E-state index in [2.05, 4.69) is 5.32 Å². The molecule has 1 N–H and O–H groups in total. The predicted octanol–water partition coefficient (Wildman–Crippen LogP) is 2.44. The largest absolute Gasteiger partial charge is 0.452 e. The summed E-state index contributed by atoms with van der Waals surface area (Å²) in [5, 5.41) is 2.73. The highest BCUT2D eigenvalue weighted by atomic mass is 32.2. The highest BCUT2D eigenvalue weighted by molar-refractivity contribution is 8.00. The van der Waals surface area contributed by atoms with Crippen molar-refractivity contribution in [3.8, 4) is 0 Å². The van der Waals surface area contributed by atoms with Crippen LogP contribution in [0.15, 0.2) is 29.2 Å². The maximum atomic E-state index is 12.1. The minimum absolute atomic E-state index is 0.0288. The van der Waals surface area contributed by atoms with Crippen LogP contribution in [-0.4, -0.2) is 36.1 Å². The Hall–Kier alpha value is -1.82. The lowest BCUT2D eigenvalue weighted by molar-refractivity contribution is -0.124. The Balaban J connectivity index is 2.61. The van der Waals surface area contributed by atoms with Crippen LogP contribution in [0.4, 0.5) is 0 Å². The predicted molar refractivity (Wildman–Crippen MR) is 86.0 cm³/mol. The molecule has 1 aromatic rings. The van der Waals surface area contributed by atoms with E-state index in [0.717, 1.165) is 6.42 Å². The normalized spacial score (nSPS) is 11.6. The lowest BCUT2D eigenvalue weighted by Crippen LogP contribution is -2.35. The number of rotatable bonds is 8. The second kappa shape index (κ2) is 9.25. The lowest BCUT2D eigenvalue weighted by atomic mass is 10.2. The molecule has 0 unspecified atom stereocenters. The van der Waals surface area contributed by atoms with E-state index in [0.29, 0.717) is 16.2 Å². The Morgan fingerprint density at radius 1 is 1.27 bits per heavy atom. The summed E-state index contributed by atoms with van der Waals surface area (Å²) in [6.45, 7) is 5.02. The van der Waals surface area contributed by atoms with Gasteiger partial charge in [-0.25, -0.2) is 4.79 Å². The molecule has 0 aliphatic rings. The minimum atomic E-state index is -0.564. The Kier molecular flexibility index (Phi) is 7.66. The van der Waals surface area contributed by atoms with Gasteiger partial charge in [-0.2, -0.15) is 0 Å². The molecule has 1 rings (SSSR count). The van der Waals surface area contributed by atoms with Gasteiger partial charge in [0.05, 0.1) is 11.3 Å². The van der Waals surface area contributed by atoms with Crippen molar-refractivity contribution in [3.63, 3.8) is 0 Å². The molecule has 0 aliphatic heterocycles. The SMILES string of the molecule is CC[C@@H](C)NC(=O)COC(=O)c1ccccc1SCC(C)=O. The molecule has 0 bridgehead atoms. The third-order valence-electron chi connectivity index (χ3n) is 2.89. The van der Waals surface area contributed by atoms with E-state index in [1.165, 1.54) is 18.7 Å². The maximum Gasteiger partial charge on any atom is 0.339 e. The topological polar surface area (TPSA) is 72.5 Å². The highest BCUT2D eigenvalue weighted by Gasteiger charge is 2.15. The van der Waals surface area contributed by atoms with Gasteiger partial charge >= 0.3 is 5.97 Å². The molecule has 22 heavy (non-hydrogen) atoms. The van der Waals surface area contributed by atoms with Crippen LogP contribution < -0.4 is 5.32 Å². The molecule has 5 nitrogen and oxygen atoms in total. The number of thioether (sulfide) groups is 1. The summed E-state index contributed by atoms with van der Waals surface area (Å²) in [5.41, 5.74) is 0.366. The van der Waals surface area contributed by atoms with Crippen molar-refractivity contribution in [3.05, 3.63) is 29.8 Å². The molecule has 1 amide bonds. The molecule has 0 heterocycles. The summed E-state index contributed by atoms with van der Waals surface area (Å²) in [4.78, 5) is 35.4. The van der Waals surface area contributed by atoms with E-state index in [1.807, 2.05) is 13.8 Å². The van der Waals surface area contributed by atoms with E-state index < -0.39 is 5.97 Å². The van der Waals surface area contributed by atoms with Crippen molar-refractivity contribution >= 4 is 29.4 Å². The zero-order valence-electron chi connectivity index (χ0n) is 13.0. The third-order valence-corrected chi connectivity index (χ3v) is 4.11. The maximum absolute atomic E-state index is 12.1. The van der Waals surface area contributed by atoms with E-state index in [1.54, 1.807) is 24.3 Å². The Morgan fingerprint density at radius 3 is 2.59 bits per heavy atom. The van der Waals surface area contributed by atoms with Gasteiger partial charge in [-0.1, -0.05) is 19.1 Å². The van der Waals surface area contributed by atoms with Crippen molar-refractivity contribution in [2.24, 2.45) is 0 Å². The number of amides is 1.